The van der Waals surface area contributed by atoms with Crippen molar-refractivity contribution in [3.8, 4) is 17.2 Å². The van der Waals surface area contributed by atoms with Crippen molar-refractivity contribution < 1.29 is 28.5 Å². The van der Waals surface area contributed by atoms with E-state index in [1.165, 1.54) is 7.11 Å². The zero-order chi connectivity index (χ0) is 24.1. The average molecular weight is 522 g/mol. The largest absolute Gasteiger partial charge is 0.496 e. The number of ether oxygens (including phenoxy) is 4. The standard InChI is InChI=1S/C26H20BrNO6/c1-3-32-23-14-16(11-12-22(23)33-25(29)19-9-4-5-10-21(19)31-2)13-20-26(30)34-24(28-20)17-7-6-8-18(27)15-17/h4-15H,3H2,1-2H3/b20-13+. The second-order valence-corrected chi connectivity index (χ2v) is 7.99. The van der Waals surface area contributed by atoms with Crippen molar-refractivity contribution >= 4 is 39.8 Å². The van der Waals surface area contributed by atoms with Gasteiger partial charge in [0.2, 0.25) is 5.90 Å². The van der Waals surface area contributed by atoms with Gasteiger partial charge in [0.15, 0.2) is 17.2 Å². The molecule has 34 heavy (non-hydrogen) atoms. The first-order valence-corrected chi connectivity index (χ1v) is 11.2. The molecule has 0 aromatic heterocycles. The van der Waals surface area contributed by atoms with Crippen LogP contribution in [-0.4, -0.2) is 31.6 Å². The van der Waals surface area contributed by atoms with Crippen molar-refractivity contribution in [3.05, 3.63) is 93.6 Å². The van der Waals surface area contributed by atoms with Crippen LogP contribution < -0.4 is 14.2 Å². The van der Waals surface area contributed by atoms with Crippen LogP contribution in [0.5, 0.6) is 17.2 Å². The summed E-state index contributed by atoms with van der Waals surface area (Å²) in [6.45, 7) is 2.17. The molecular weight excluding hydrogens is 502 g/mol. The molecule has 0 radical (unpaired) electrons. The van der Waals surface area contributed by atoms with Crippen LogP contribution in [0.15, 0.2) is 81.9 Å². The van der Waals surface area contributed by atoms with E-state index in [9.17, 15) is 9.59 Å². The summed E-state index contributed by atoms with van der Waals surface area (Å²) in [5.41, 5.74) is 1.75. The summed E-state index contributed by atoms with van der Waals surface area (Å²) in [6, 6.07) is 19.1. The molecule has 0 N–H and O–H groups in total. The van der Waals surface area contributed by atoms with Crippen LogP contribution in [0.2, 0.25) is 0 Å². The molecule has 1 aliphatic rings. The number of carbonyl (C=O) groups excluding carboxylic acids is 2. The molecule has 1 heterocycles. The Hall–Kier alpha value is -3.91. The molecule has 4 rings (SSSR count). The van der Waals surface area contributed by atoms with Gasteiger partial charge in [0.1, 0.15) is 11.3 Å². The first-order valence-electron chi connectivity index (χ1n) is 10.4. The fraction of sp³-hybridized carbons (Fsp3) is 0.115. The molecule has 0 spiro atoms. The average Bonchev–Trinajstić information content (AvgIpc) is 3.21. The Morgan fingerprint density at radius 2 is 1.85 bits per heavy atom. The first-order chi connectivity index (χ1) is 16.5. The lowest BCUT2D eigenvalue weighted by molar-refractivity contribution is -0.129. The van der Waals surface area contributed by atoms with Gasteiger partial charge in [-0.3, -0.25) is 0 Å². The Labute approximate surface area is 204 Å². The fourth-order valence-electron chi connectivity index (χ4n) is 3.25. The first kappa shape index (κ1) is 23.3. The van der Waals surface area contributed by atoms with Crippen LogP contribution in [-0.2, 0) is 9.53 Å². The normalized spacial score (nSPS) is 13.9. The van der Waals surface area contributed by atoms with Gasteiger partial charge in [-0.05, 0) is 61.0 Å². The van der Waals surface area contributed by atoms with Crippen molar-refractivity contribution in [2.45, 2.75) is 6.92 Å². The summed E-state index contributed by atoms with van der Waals surface area (Å²) >= 11 is 3.40. The number of aliphatic imine (C=N–C) groups is 1. The SMILES string of the molecule is CCOc1cc(/C=C2/N=C(c3cccc(Br)c3)OC2=O)ccc1OC(=O)c1ccccc1OC. The molecule has 0 saturated heterocycles. The van der Waals surface area contributed by atoms with E-state index >= 15 is 0 Å². The molecular formula is C26H20BrNO6. The lowest BCUT2D eigenvalue weighted by atomic mass is 10.1. The molecule has 1 aliphatic heterocycles. The van der Waals surface area contributed by atoms with Crippen LogP contribution >= 0.6 is 15.9 Å². The molecule has 0 bridgehead atoms. The number of methoxy groups -OCH3 is 1. The minimum atomic E-state index is -0.577. The highest BCUT2D eigenvalue weighted by Gasteiger charge is 2.24. The third kappa shape index (κ3) is 5.18. The van der Waals surface area contributed by atoms with Crippen molar-refractivity contribution in [3.63, 3.8) is 0 Å². The summed E-state index contributed by atoms with van der Waals surface area (Å²) in [5.74, 6) is 0.0947. The number of nitrogens with zero attached hydrogens (tertiary/aromatic N) is 1. The third-order valence-electron chi connectivity index (χ3n) is 4.79. The maximum atomic E-state index is 12.7. The number of carbonyl (C=O) groups is 2. The Morgan fingerprint density at radius 3 is 2.62 bits per heavy atom. The van der Waals surface area contributed by atoms with Gasteiger partial charge in [0.25, 0.3) is 0 Å². The van der Waals surface area contributed by atoms with Gasteiger partial charge < -0.3 is 18.9 Å². The predicted octanol–water partition coefficient (Wildman–Crippen LogP) is 5.42. The van der Waals surface area contributed by atoms with Crippen LogP contribution in [0.4, 0.5) is 0 Å². The van der Waals surface area contributed by atoms with E-state index in [1.54, 1.807) is 54.6 Å². The van der Waals surface area contributed by atoms with Gasteiger partial charge in [-0.2, -0.15) is 0 Å². The van der Waals surface area contributed by atoms with Gasteiger partial charge in [-0.15, -0.1) is 0 Å². The summed E-state index contributed by atoms with van der Waals surface area (Å²) in [5, 5.41) is 0. The van der Waals surface area contributed by atoms with Gasteiger partial charge >= 0.3 is 11.9 Å². The highest BCUT2D eigenvalue weighted by atomic mass is 79.9. The molecule has 0 aliphatic carbocycles. The van der Waals surface area contributed by atoms with E-state index in [-0.39, 0.29) is 17.3 Å². The summed E-state index contributed by atoms with van der Waals surface area (Å²) in [4.78, 5) is 29.4. The third-order valence-corrected chi connectivity index (χ3v) is 5.29. The highest BCUT2D eigenvalue weighted by molar-refractivity contribution is 9.10. The number of benzene rings is 3. The van der Waals surface area contributed by atoms with Crippen molar-refractivity contribution in [2.75, 3.05) is 13.7 Å². The number of esters is 2. The molecule has 0 unspecified atom stereocenters. The number of halogens is 1. The minimum Gasteiger partial charge on any atom is -0.496 e. The molecule has 0 amide bonds. The van der Waals surface area contributed by atoms with Gasteiger partial charge in [-0.25, -0.2) is 14.6 Å². The van der Waals surface area contributed by atoms with Crippen LogP contribution in [0.3, 0.4) is 0 Å². The quantitative estimate of drug-likeness (QED) is 0.234. The second kappa shape index (κ2) is 10.4. The van der Waals surface area contributed by atoms with E-state index < -0.39 is 11.9 Å². The number of rotatable bonds is 7. The van der Waals surface area contributed by atoms with Crippen LogP contribution in [0, 0.1) is 0 Å². The Bertz CT molecular complexity index is 1310. The fourth-order valence-corrected chi connectivity index (χ4v) is 3.65. The molecule has 0 saturated carbocycles. The Balaban J connectivity index is 1.60. The molecule has 7 nitrogen and oxygen atoms in total. The molecule has 3 aromatic rings. The number of hydrogen-bond acceptors (Lipinski definition) is 7. The van der Waals surface area contributed by atoms with Crippen molar-refractivity contribution in [1.29, 1.82) is 0 Å². The topological polar surface area (TPSA) is 83.4 Å². The van der Waals surface area contributed by atoms with Gasteiger partial charge in [-0.1, -0.05) is 40.2 Å². The molecule has 172 valence electrons. The van der Waals surface area contributed by atoms with Crippen molar-refractivity contribution in [1.82, 2.24) is 0 Å². The minimum absolute atomic E-state index is 0.149. The summed E-state index contributed by atoms with van der Waals surface area (Å²) in [7, 11) is 1.48. The highest BCUT2D eigenvalue weighted by Crippen LogP contribution is 2.32. The molecule has 0 fully saturated rings. The predicted molar refractivity (Wildman–Crippen MR) is 130 cm³/mol. The van der Waals surface area contributed by atoms with Crippen LogP contribution in [0.25, 0.3) is 6.08 Å². The second-order valence-electron chi connectivity index (χ2n) is 7.08. The van der Waals surface area contributed by atoms with E-state index in [4.69, 9.17) is 18.9 Å². The van der Waals surface area contributed by atoms with E-state index in [0.717, 1.165) is 4.47 Å². The zero-order valence-corrected chi connectivity index (χ0v) is 20.0. The zero-order valence-electron chi connectivity index (χ0n) is 18.4. The monoisotopic (exact) mass is 521 g/mol. The lowest BCUT2D eigenvalue weighted by Crippen LogP contribution is -2.11. The van der Waals surface area contributed by atoms with E-state index in [2.05, 4.69) is 20.9 Å². The Morgan fingerprint density at radius 1 is 1.03 bits per heavy atom. The smallest absolute Gasteiger partial charge is 0.363 e. The van der Waals surface area contributed by atoms with Crippen molar-refractivity contribution in [2.24, 2.45) is 4.99 Å². The molecule has 0 atom stereocenters. The van der Waals surface area contributed by atoms with Crippen LogP contribution in [0.1, 0.15) is 28.4 Å². The van der Waals surface area contributed by atoms with E-state index in [1.807, 2.05) is 25.1 Å². The van der Waals surface area contributed by atoms with E-state index in [0.29, 0.717) is 34.8 Å². The summed E-state index contributed by atoms with van der Waals surface area (Å²) < 4.78 is 22.6. The molecule has 8 heteroatoms. The summed E-state index contributed by atoms with van der Waals surface area (Å²) in [6.07, 6.45) is 1.58. The van der Waals surface area contributed by atoms with Gasteiger partial charge in [0, 0.05) is 10.0 Å². The van der Waals surface area contributed by atoms with Gasteiger partial charge in [0.05, 0.1) is 13.7 Å². The number of hydrogen-bond donors (Lipinski definition) is 0. The lowest BCUT2D eigenvalue weighted by Gasteiger charge is -2.12. The molecule has 3 aromatic carbocycles. The maximum absolute atomic E-state index is 12.7. The number of para-hydroxylation sites is 1. The Kier molecular flexibility index (Phi) is 7.08. The number of cyclic esters (lactones) is 1. The maximum Gasteiger partial charge on any atom is 0.363 e.